The van der Waals surface area contributed by atoms with Crippen LogP contribution in [-0.4, -0.2) is 22.7 Å². The van der Waals surface area contributed by atoms with E-state index >= 15 is 0 Å². The second kappa shape index (κ2) is 5.46. The van der Waals surface area contributed by atoms with Crippen LogP contribution in [0.1, 0.15) is 21.5 Å². The summed E-state index contributed by atoms with van der Waals surface area (Å²) in [5.74, 6) is -1.15. The highest BCUT2D eigenvalue weighted by Crippen LogP contribution is 2.30. The third kappa shape index (κ3) is 2.55. The molecule has 108 valence electrons. The maximum atomic E-state index is 12.3. The van der Waals surface area contributed by atoms with Gasteiger partial charge in [-0.1, -0.05) is 18.2 Å². The molecule has 3 rings (SSSR count). The van der Waals surface area contributed by atoms with E-state index in [1.165, 1.54) is 23.8 Å². The molecule has 0 saturated heterocycles. The van der Waals surface area contributed by atoms with Gasteiger partial charge in [-0.2, -0.15) is 0 Å². The van der Waals surface area contributed by atoms with Gasteiger partial charge in [-0.3, -0.25) is 4.79 Å². The Morgan fingerprint density at radius 3 is 2.81 bits per heavy atom. The van der Waals surface area contributed by atoms with Crippen molar-refractivity contribution in [2.45, 2.75) is 13.0 Å². The Kier molecular flexibility index (Phi) is 3.50. The molecule has 0 spiro atoms. The molecule has 2 aromatic rings. The summed E-state index contributed by atoms with van der Waals surface area (Å²) in [6.07, 6.45) is 0.927. The zero-order chi connectivity index (χ0) is 14.8. The lowest BCUT2D eigenvalue weighted by atomic mass is 9.99. The molecule has 5 heteroatoms. The van der Waals surface area contributed by atoms with Crippen molar-refractivity contribution in [2.75, 3.05) is 11.9 Å². The second-order valence-corrected chi connectivity index (χ2v) is 5.00. The van der Waals surface area contributed by atoms with Gasteiger partial charge in [0.05, 0.1) is 5.56 Å². The Hall–Kier alpha value is -2.53. The molecule has 0 bridgehead atoms. The predicted molar refractivity (Wildman–Crippen MR) is 79.6 cm³/mol. The highest BCUT2D eigenvalue weighted by atomic mass is 16.3. The maximum absolute atomic E-state index is 12.3. The van der Waals surface area contributed by atoms with Gasteiger partial charge in [-0.05, 0) is 42.3 Å². The van der Waals surface area contributed by atoms with Crippen molar-refractivity contribution >= 4 is 11.6 Å². The minimum absolute atomic E-state index is 0.0522. The monoisotopic (exact) mass is 284 g/mol. The Morgan fingerprint density at radius 1 is 1.14 bits per heavy atom. The molecule has 0 saturated carbocycles. The molecule has 0 aliphatic carbocycles. The second-order valence-electron chi connectivity index (χ2n) is 5.00. The molecule has 5 nitrogen and oxygen atoms in total. The average molecular weight is 284 g/mol. The standard InChI is InChI=1S/C16H16N2O3/c19-14-6-2-4-11(15(14)20)16(21)18-13-5-1-3-10-7-8-17-9-12(10)13/h1-6,17,19-20H,7-9H2,(H,18,21). The van der Waals surface area contributed by atoms with Gasteiger partial charge >= 0.3 is 0 Å². The van der Waals surface area contributed by atoms with Crippen LogP contribution in [0.3, 0.4) is 0 Å². The van der Waals surface area contributed by atoms with Gasteiger partial charge in [0.2, 0.25) is 0 Å². The number of para-hydroxylation sites is 1. The molecular formula is C16H16N2O3. The number of fused-ring (bicyclic) bond motifs is 1. The fourth-order valence-electron chi connectivity index (χ4n) is 2.54. The van der Waals surface area contributed by atoms with Gasteiger partial charge in [0, 0.05) is 12.2 Å². The Labute approximate surface area is 122 Å². The van der Waals surface area contributed by atoms with Gasteiger partial charge in [-0.15, -0.1) is 0 Å². The van der Waals surface area contributed by atoms with Crippen molar-refractivity contribution < 1.29 is 15.0 Å². The third-order valence-corrected chi connectivity index (χ3v) is 3.65. The number of amides is 1. The minimum Gasteiger partial charge on any atom is -0.504 e. The summed E-state index contributed by atoms with van der Waals surface area (Å²) in [7, 11) is 0. The van der Waals surface area contributed by atoms with Crippen molar-refractivity contribution in [2.24, 2.45) is 0 Å². The summed E-state index contributed by atoms with van der Waals surface area (Å²) in [6.45, 7) is 1.63. The topological polar surface area (TPSA) is 81.6 Å². The van der Waals surface area contributed by atoms with Crippen LogP contribution >= 0.6 is 0 Å². The van der Waals surface area contributed by atoms with E-state index in [1.54, 1.807) is 0 Å². The van der Waals surface area contributed by atoms with E-state index < -0.39 is 11.7 Å². The van der Waals surface area contributed by atoms with Crippen LogP contribution in [0.15, 0.2) is 36.4 Å². The van der Waals surface area contributed by atoms with Crippen LogP contribution < -0.4 is 10.6 Å². The van der Waals surface area contributed by atoms with E-state index in [1.807, 2.05) is 12.1 Å². The Morgan fingerprint density at radius 2 is 1.95 bits per heavy atom. The van der Waals surface area contributed by atoms with E-state index in [0.717, 1.165) is 24.2 Å². The first-order valence-corrected chi connectivity index (χ1v) is 6.80. The fourth-order valence-corrected chi connectivity index (χ4v) is 2.54. The van der Waals surface area contributed by atoms with E-state index in [-0.39, 0.29) is 11.3 Å². The maximum Gasteiger partial charge on any atom is 0.259 e. The number of anilines is 1. The number of nitrogens with one attached hydrogen (secondary N) is 2. The van der Waals surface area contributed by atoms with Gasteiger partial charge in [0.15, 0.2) is 11.5 Å². The highest BCUT2D eigenvalue weighted by molar-refractivity contribution is 6.07. The lowest BCUT2D eigenvalue weighted by molar-refractivity contribution is 0.102. The largest absolute Gasteiger partial charge is 0.504 e. The molecule has 0 unspecified atom stereocenters. The van der Waals surface area contributed by atoms with Crippen LogP contribution in [0.25, 0.3) is 0 Å². The number of benzene rings is 2. The van der Waals surface area contributed by atoms with Gasteiger partial charge in [-0.25, -0.2) is 0 Å². The Balaban J connectivity index is 1.90. The molecule has 0 fully saturated rings. The molecule has 2 aromatic carbocycles. The van der Waals surface area contributed by atoms with Gasteiger partial charge in [0.1, 0.15) is 0 Å². The van der Waals surface area contributed by atoms with Crippen molar-refractivity contribution in [3.05, 3.63) is 53.1 Å². The molecule has 0 radical (unpaired) electrons. The molecule has 1 amide bonds. The summed E-state index contributed by atoms with van der Waals surface area (Å²) in [6, 6.07) is 10.1. The SMILES string of the molecule is O=C(Nc1cccc2c1CNCC2)c1cccc(O)c1O. The number of phenolic OH excluding ortho intramolecular Hbond substituents is 2. The minimum atomic E-state index is -0.442. The van der Waals surface area contributed by atoms with Crippen LogP contribution in [0, 0.1) is 0 Å². The lowest BCUT2D eigenvalue weighted by Gasteiger charge is -2.20. The molecular weight excluding hydrogens is 268 g/mol. The van der Waals surface area contributed by atoms with E-state index in [0.29, 0.717) is 6.54 Å². The molecule has 0 aromatic heterocycles. The van der Waals surface area contributed by atoms with Crippen LogP contribution in [-0.2, 0) is 13.0 Å². The Bertz CT molecular complexity index is 698. The van der Waals surface area contributed by atoms with E-state index in [4.69, 9.17) is 0 Å². The molecule has 1 heterocycles. The highest BCUT2D eigenvalue weighted by Gasteiger charge is 2.17. The third-order valence-electron chi connectivity index (χ3n) is 3.65. The average Bonchev–Trinajstić information content (AvgIpc) is 2.50. The molecule has 0 atom stereocenters. The first-order chi connectivity index (χ1) is 10.2. The first-order valence-electron chi connectivity index (χ1n) is 6.80. The van der Waals surface area contributed by atoms with Crippen LogP contribution in [0.4, 0.5) is 5.69 Å². The number of aromatic hydroxyl groups is 2. The number of carbonyl (C=O) groups is 1. The molecule has 1 aliphatic rings. The zero-order valence-corrected chi connectivity index (χ0v) is 11.4. The summed E-state index contributed by atoms with van der Waals surface area (Å²) in [5, 5.41) is 25.3. The summed E-state index contributed by atoms with van der Waals surface area (Å²) >= 11 is 0. The van der Waals surface area contributed by atoms with Gasteiger partial charge in [0.25, 0.3) is 5.91 Å². The van der Waals surface area contributed by atoms with Crippen molar-refractivity contribution in [1.29, 1.82) is 0 Å². The van der Waals surface area contributed by atoms with E-state index in [9.17, 15) is 15.0 Å². The molecule has 4 N–H and O–H groups in total. The van der Waals surface area contributed by atoms with Crippen LogP contribution in [0.5, 0.6) is 11.5 Å². The summed E-state index contributed by atoms with van der Waals surface area (Å²) in [4.78, 5) is 12.3. The number of hydrogen-bond acceptors (Lipinski definition) is 4. The van der Waals surface area contributed by atoms with E-state index in [2.05, 4.69) is 16.7 Å². The molecule has 21 heavy (non-hydrogen) atoms. The van der Waals surface area contributed by atoms with Crippen molar-refractivity contribution in [3.63, 3.8) is 0 Å². The fraction of sp³-hybridized carbons (Fsp3) is 0.188. The number of hydrogen-bond donors (Lipinski definition) is 4. The van der Waals surface area contributed by atoms with Gasteiger partial charge < -0.3 is 20.8 Å². The summed E-state index contributed by atoms with van der Waals surface area (Å²) < 4.78 is 0. The smallest absolute Gasteiger partial charge is 0.259 e. The first kappa shape index (κ1) is 13.5. The number of phenols is 2. The lowest BCUT2D eigenvalue weighted by Crippen LogP contribution is -2.25. The molecule has 1 aliphatic heterocycles. The number of rotatable bonds is 2. The summed E-state index contributed by atoms with van der Waals surface area (Å²) in [5.41, 5.74) is 3.06. The quantitative estimate of drug-likeness (QED) is 0.636. The van der Waals surface area contributed by atoms with Crippen molar-refractivity contribution in [1.82, 2.24) is 5.32 Å². The predicted octanol–water partition coefficient (Wildman–Crippen LogP) is 2.00. The number of carbonyl (C=O) groups excluding carboxylic acids is 1. The van der Waals surface area contributed by atoms with Crippen molar-refractivity contribution in [3.8, 4) is 11.5 Å². The normalized spacial score (nSPS) is 13.5. The van der Waals surface area contributed by atoms with Crippen LogP contribution in [0.2, 0.25) is 0 Å². The zero-order valence-electron chi connectivity index (χ0n) is 11.4.